The van der Waals surface area contributed by atoms with Crippen molar-refractivity contribution in [3.63, 3.8) is 0 Å². The second-order valence-electron chi connectivity index (χ2n) is 3.95. The molecular weight excluding hydrogens is 334 g/mol. The number of hydrogen-bond acceptors (Lipinski definition) is 3. The fourth-order valence-corrected chi connectivity index (χ4v) is 3.64. The zero-order valence-corrected chi connectivity index (χ0v) is 12.7. The number of thiophene rings is 1. The van der Waals surface area contributed by atoms with Gasteiger partial charge < -0.3 is 10.8 Å². The lowest BCUT2D eigenvalue weighted by Gasteiger charge is -2.21. The third-order valence-corrected chi connectivity index (χ3v) is 4.86. The van der Waals surface area contributed by atoms with Crippen LogP contribution in [0.1, 0.15) is 22.5 Å². The first-order chi connectivity index (χ1) is 8.63. The summed E-state index contributed by atoms with van der Waals surface area (Å²) in [7, 11) is 0. The number of nitrogens with two attached hydrogens (primary N) is 1. The van der Waals surface area contributed by atoms with Crippen molar-refractivity contribution in [2.24, 2.45) is 5.73 Å². The van der Waals surface area contributed by atoms with Crippen LogP contribution in [-0.2, 0) is 0 Å². The Balaban J connectivity index is 2.32. The lowest BCUT2D eigenvalue weighted by molar-refractivity contribution is 0.151. The van der Waals surface area contributed by atoms with E-state index in [1.807, 2.05) is 36.4 Å². The highest BCUT2D eigenvalue weighted by molar-refractivity contribution is 9.11. The van der Waals surface area contributed by atoms with E-state index in [4.69, 9.17) is 17.3 Å². The monoisotopic (exact) mass is 345 g/mol. The van der Waals surface area contributed by atoms with Gasteiger partial charge in [-0.15, -0.1) is 11.3 Å². The molecule has 0 saturated carbocycles. The van der Waals surface area contributed by atoms with E-state index in [2.05, 4.69) is 15.9 Å². The van der Waals surface area contributed by atoms with Gasteiger partial charge in [0.05, 0.1) is 9.89 Å². The maximum atomic E-state index is 10.4. The van der Waals surface area contributed by atoms with Crippen LogP contribution in [0, 0.1) is 0 Å². The van der Waals surface area contributed by atoms with Gasteiger partial charge in [0.2, 0.25) is 0 Å². The fourth-order valence-electron chi connectivity index (χ4n) is 1.89. The second-order valence-corrected chi connectivity index (χ2v) is 6.85. The van der Waals surface area contributed by atoms with E-state index in [1.165, 1.54) is 11.3 Å². The Labute approximate surface area is 124 Å². The van der Waals surface area contributed by atoms with Crippen molar-refractivity contribution < 1.29 is 5.11 Å². The molecule has 0 spiro atoms. The normalized spacial score (nSPS) is 14.4. The van der Waals surface area contributed by atoms with Crippen molar-refractivity contribution in [2.45, 2.75) is 12.0 Å². The van der Waals surface area contributed by atoms with Crippen LogP contribution in [0.25, 0.3) is 0 Å². The Morgan fingerprint density at radius 3 is 2.56 bits per heavy atom. The third kappa shape index (κ3) is 2.95. The van der Waals surface area contributed by atoms with Crippen molar-refractivity contribution in [3.8, 4) is 0 Å². The zero-order chi connectivity index (χ0) is 13.1. The number of aliphatic hydroxyl groups is 1. The topological polar surface area (TPSA) is 46.2 Å². The average Bonchev–Trinajstić information content (AvgIpc) is 2.79. The molecule has 18 heavy (non-hydrogen) atoms. The predicted octanol–water partition coefficient (Wildman–Crippen LogP) is 3.94. The summed E-state index contributed by atoms with van der Waals surface area (Å²) in [4.78, 5) is 0.886. The number of halogens is 2. The average molecular weight is 347 g/mol. The Bertz CT molecular complexity index is 531. The molecule has 0 aliphatic heterocycles. The first-order valence-corrected chi connectivity index (χ1v) is 7.50. The maximum absolute atomic E-state index is 10.4. The molecule has 3 N–H and O–H groups in total. The second kappa shape index (κ2) is 6.17. The quantitative estimate of drug-likeness (QED) is 0.881. The molecule has 1 heterocycles. The van der Waals surface area contributed by atoms with Gasteiger partial charge in [0, 0.05) is 22.4 Å². The van der Waals surface area contributed by atoms with Crippen LogP contribution in [0.15, 0.2) is 40.2 Å². The smallest absolute Gasteiger partial charge is 0.0963 e. The van der Waals surface area contributed by atoms with E-state index in [1.54, 1.807) is 0 Å². The van der Waals surface area contributed by atoms with Gasteiger partial charge in [-0.05, 0) is 39.7 Å². The van der Waals surface area contributed by atoms with E-state index in [9.17, 15) is 5.11 Å². The largest absolute Gasteiger partial charge is 0.387 e. The first kappa shape index (κ1) is 14.0. The summed E-state index contributed by atoms with van der Waals surface area (Å²) in [5.41, 5.74) is 6.68. The molecule has 0 aliphatic carbocycles. The Morgan fingerprint density at radius 2 is 2.00 bits per heavy atom. The van der Waals surface area contributed by atoms with Crippen molar-refractivity contribution in [3.05, 3.63) is 55.6 Å². The standard InChI is InChI=1S/C13H13BrClNOS/c14-12-6-5-11(18-12)13(17)9(7-16)8-3-1-2-4-10(8)15/h1-6,9,13,17H,7,16H2. The summed E-state index contributed by atoms with van der Waals surface area (Å²) in [5.74, 6) is -0.191. The summed E-state index contributed by atoms with van der Waals surface area (Å²) in [6, 6.07) is 11.3. The minimum Gasteiger partial charge on any atom is -0.387 e. The summed E-state index contributed by atoms with van der Waals surface area (Å²) in [6.45, 7) is 0.348. The molecule has 0 aliphatic rings. The van der Waals surface area contributed by atoms with E-state index >= 15 is 0 Å². The number of benzene rings is 1. The molecule has 1 aromatic carbocycles. The zero-order valence-electron chi connectivity index (χ0n) is 9.51. The van der Waals surface area contributed by atoms with Crippen LogP contribution >= 0.6 is 38.9 Å². The molecule has 0 fully saturated rings. The van der Waals surface area contributed by atoms with Crippen LogP contribution < -0.4 is 5.73 Å². The van der Waals surface area contributed by atoms with E-state index in [-0.39, 0.29) is 5.92 Å². The van der Waals surface area contributed by atoms with Crippen molar-refractivity contribution in [1.29, 1.82) is 0 Å². The van der Waals surface area contributed by atoms with Crippen LogP contribution in [0.2, 0.25) is 5.02 Å². The van der Waals surface area contributed by atoms with Crippen LogP contribution in [0.5, 0.6) is 0 Å². The van der Waals surface area contributed by atoms with Gasteiger partial charge in [-0.1, -0.05) is 29.8 Å². The van der Waals surface area contributed by atoms with Crippen LogP contribution in [-0.4, -0.2) is 11.7 Å². The Kier molecular flexibility index (Phi) is 4.81. The van der Waals surface area contributed by atoms with E-state index in [0.29, 0.717) is 11.6 Å². The summed E-state index contributed by atoms with van der Waals surface area (Å²) < 4.78 is 0.992. The van der Waals surface area contributed by atoms with Gasteiger partial charge in [-0.2, -0.15) is 0 Å². The third-order valence-electron chi connectivity index (χ3n) is 2.83. The number of rotatable bonds is 4. The van der Waals surface area contributed by atoms with Crippen molar-refractivity contribution >= 4 is 38.9 Å². The lowest BCUT2D eigenvalue weighted by atomic mass is 9.92. The highest BCUT2D eigenvalue weighted by Gasteiger charge is 2.24. The molecule has 96 valence electrons. The van der Waals surface area contributed by atoms with Crippen molar-refractivity contribution in [2.75, 3.05) is 6.54 Å². The van der Waals surface area contributed by atoms with Gasteiger partial charge in [0.25, 0.3) is 0 Å². The fraction of sp³-hybridized carbons (Fsp3) is 0.231. The number of aliphatic hydroxyl groups excluding tert-OH is 1. The molecule has 2 unspecified atom stereocenters. The molecule has 0 amide bonds. The Hall–Kier alpha value is -0.390. The maximum Gasteiger partial charge on any atom is 0.0963 e. The van der Waals surface area contributed by atoms with E-state index in [0.717, 1.165) is 14.2 Å². The highest BCUT2D eigenvalue weighted by Crippen LogP contribution is 2.37. The first-order valence-electron chi connectivity index (χ1n) is 5.51. The predicted molar refractivity (Wildman–Crippen MR) is 80.2 cm³/mol. The Morgan fingerprint density at radius 1 is 1.28 bits per heavy atom. The molecule has 2 aromatic rings. The minimum absolute atomic E-state index is 0.191. The molecule has 0 saturated heterocycles. The van der Waals surface area contributed by atoms with Crippen LogP contribution in [0.3, 0.4) is 0 Å². The molecule has 2 rings (SSSR count). The van der Waals surface area contributed by atoms with E-state index < -0.39 is 6.10 Å². The molecular formula is C13H13BrClNOS. The molecule has 2 atom stereocenters. The van der Waals surface area contributed by atoms with Gasteiger partial charge >= 0.3 is 0 Å². The molecule has 5 heteroatoms. The lowest BCUT2D eigenvalue weighted by Crippen LogP contribution is -2.19. The van der Waals surface area contributed by atoms with Crippen LogP contribution in [0.4, 0.5) is 0 Å². The molecule has 2 nitrogen and oxygen atoms in total. The molecule has 0 bridgehead atoms. The van der Waals surface area contributed by atoms with Gasteiger partial charge in [-0.25, -0.2) is 0 Å². The summed E-state index contributed by atoms with van der Waals surface area (Å²) in [6.07, 6.45) is -0.633. The molecule has 0 radical (unpaired) electrons. The van der Waals surface area contributed by atoms with Gasteiger partial charge in [0.15, 0.2) is 0 Å². The SMILES string of the molecule is NCC(c1ccccc1Cl)C(O)c1ccc(Br)s1. The minimum atomic E-state index is -0.633. The summed E-state index contributed by atoms with van der Waals surface area (Å²) >= 11 is 11.1. The number of hydrogen-bond donors (Lipinski definition) is 2. The van der Waals surface area contributed by atoms with Gasteiger partial charge in [0.1, 0.15) is 0 Å². The highest BCUT2D eigenvalue weighted by atomic mass is 79.9. The summed E-state index contributed by atoms with van der Waals surface area (Å²) in [5, 5.41) is 11.1. The molecule has 1 aromatic heterocycles. The van der Waals surface area contributed by atoms with Gasteiger partial charge in [-0.3, -0.25) is 0 Å². The van der Waals surface area contributed by atoms with Crippen molar-refractivity contribution in [1.82, 2.24) is 0 Å².